The monoisotopic (exact) mass is 470 g/mol. The molecule has 6 heteroatoms. The van der Waals surface area contributed by atoms with Crippen molar-refractivity contribution >= 4 is 17.5 Å². The van der Waals surface area contributed by atoms with Gasteiger partial charge in [0.2, 0.25) is 0 Å². The van der Waals surface area contributed by atoms with Gasteiger partial charge in [-0.3, -0.25) is 9.59 Å². The first-order chi connectivity index (χ1) is 16.7. The van der Waals surface area contributed by atoms with E-state index < -0.39 is 17.4 Å². The normalized spacial score (nSPS) is 17.4. The molecule has 3 N–H and O–H groups in total. The Hall–Kier alpha value is -4.06. The van der Waals surface area contributed by atoms with E-state index >= 15 is 0 Å². The summed E-state index contributed by atoms with van der Waals surface area (Å²) >= 11 is 0. The molecule has 0 saturated heterocycles. The third-order valence-corrected chi connectivity index (χ3v) is 6.17. The van der Waals surface area contributed by atoms with Gasteiger partial charge in [0, 0.05) is 12.1 Å². The number of benzene rings is 3. The van der Waals surface area contributed by atoms with Gasteiger partial charge in [0.25, 0.3) is 11.8 Å². The highest BCUT2D eigenvalue weighted by molar-refractivity contribution is 6.24. The number of rotatable bonds is 8. The molecule has 35 heavy (non-hydrogen) atoms. The summed E-state index contributed by atoms with van der Waals surface area (Å²) in [6, 6.07) is 24.8. The molecule has 180 valence electrons. The van der Waals surface area contributed by atoms with E-state index in [1.807, 2.05) is 66.7 Å². The summed E-state index contributed by atoms with van der Waals surface area (Å²) in [7, 11) is 0. The summed E-state index contributed by atoms with van der Waals surface area (Å²) in [5.41, 5.74) is 2.33. The lowest BCUT2D eigenvalue weighted by Gasteiger charge is -2.25. The second kappa shape index (κ2) is 10.1. The van der Waals surface area contributed by atoms with Crippen molar-refractivity contribution in [3.63, 3.8) is 0 Å². The second-order valence-electron chi connectivity index (χ2n) is 9.34. The largest absolute Gasteiger partial charge is 0.509 e. The van der Waals surface area contributed by atoms with Gasteiger partial charge in [0.15, 0.2) is 0 Å². The van der Waals surface area contributed by atoms with E-state index in [0.717, 1.165) is 22.4 Å². The highest BCUT2D eigenvalue weighted by Crippen LogP contribution is 2.30. The zero-order valence-corrected chi connectivity index (χ0v) is 20.2. The van der Waals surface area contributed by atoms with Gasteiger partial charge in [-0.05, 0) is 53.8 Å². The van der Waals surface area contributed by atoms with Crippen molar-refractivity contribution in [1.29, 1.82) is 0 Å². The molecular weight excluding hydrogens is 440 g/mol. The van der Waals surface area contributed by atoms with Crippen LogP contribution in [0.4, 0.5) is 5.69 Å². The van der Waals surface area contributed by atoms with Crippen molar-refractivity contribution in [2.45, 2.75) is 45.3 Å². The smallest absolute Gasteiger partial charge is 0.264 e. The molecule has 1 unspecified atom stereocenters. The summed E-state index contributed by atoms with van der Waals surface area (Å²) < 4.78 is 5.82. The van der Waals surface area contributed by atoms with Crippen LogP contribution in [-0.2, 0) is 22.6 Å². The number of hydrogen-bond acceptors (Lipinski definition) is 4. The fraction of sp³-hybridized carbons (Fsp3) is 0.241. The van der Waals surface area contributed by atoms with Gasteiger partial charge in [0.1, 0.15) is 23.7 Å². The number of nitrogens with one attached hydrogen (secondary N) is 2. The number of amides is 2. The number of ether oxygens (including phenoxy) is 1. The summed E-state index contributed by atoms with van der Waals surface area (Å²) in [6.07, 6.45) is 0.323. The zero-order valence-electron chi connectivity index (χ0n) is 20.2. The van der Waals surface area contributed by atoms with E-state index in [0.29, 0.717) is 24.6 Å². The van der Waals surface area contributed by atoms with Crippen LogP contribution in [0.5, 0.6) is 5.75 Å². The third-order valence-electron chi connectivity index (χ3n) is 6.17. The Morgan fingerprint density at radius 1 is 0.971 bits per heavy atom. The van der Waals surface area contributed by atoms with Gasteiger partial charge >= 0.3 is 0 Å². The van der Waals surface area contributed by atoms with Crippen LogP contribution in [0, 0.1) is 0 Å². The number of aliphatic hydroxyl groups excluding tert-OH is 1. The predicted octanol–water partition coefficient (Wildman–Crippen LogP) is 5.27. The zero-order chi connectivity index (χ0) is 25.0. The van der Waals surface area contributed by atoms with Crippen LogP contribution in [0.3, 0.4) is 0 Å². The topological polar surface area (TPSA) is 87.7 Å². The maximum Gasteiger partial charge on any atom is 0.264 e. The Morgan fingerprint density at radius 3 is 2.26 bits per heavy atom. The Bertz CT molecular complexity index is 1230. The molecule has 0 bridgehead atoms. The summed E-state index contributed by atoms with van der Waals surface area (Å²) in [4.78, 5) is 25.5. The Labute approximate surface area is 205 Å². The average molecular weight is 471 g/mol. The van der Waals surface area contributed by atoms with E-state index in [-0.39, 0.29) is 11.3 Å². The van der Waals surface area contributed by atoms with Gasteiger partial charge in [-0.2, -0.15) is 0 Å². The van der Waals surface area contributed by atoms with Crippen molar-refractivity contribution in [2.24, 2.45) is 0 Å². The van der Waals surface area contributed by atoms with E-state index in [1.165, 1.54) is 0 Å². The molecule has 0 saturated carbocycles. The van der Waals surface area contributed by atoms with Crippen LogP contribution in [-0.4, -0.2) is 22.5 Å². The first-order valence-corrected chi connectivity index (χ1v) is 11.7. The highest BCUT2D eigenvalue weighted by atomic mass is 16.5. The van der Waals surface area contributed by atoms with Crippen LogP contribution in [0.25, 0.3) is 0 Å². The molecule has 4 rings (SSSR count). The number of hydrogen-bond donors (Lipinski definition) is 3. The second-order valence-corrected chi connectivity index (χ2v) is 9.34. The Kier molecular flexibility index (Phi) is 6.92. The standard InChI is InChI=1S/C29H30N2O4/c1-19(2)22-11-13-23(14-12-22)30-27(33)25-26(32)29(3,31-28(25)34)17-20-9-15-24(16-10-20)35-18-21-7-5-4-6-8-21/h4-16,19,32H,17-18H2,1-3H3,(H,30,33)(H,31,34). The lowest BCUT2D eigenvalue weighted by molar-refractivity contribution is -0.121. The number of anilines is 1. The number of aliphatic hydroxyl groups is 1. The summed E-state index contributed by atoms with van der Waals surface area (Å²) in [5, 5.41) is 16.4. The highest BCUT2D eigenvalue weighted by Gasteiger charge is 2.44. The maximum atomic E-state index is 12.8. The molecule has 0 fully saturated rings. The molecule has 0 radical (unpaired) electrons. The van der Waals surface area contributed by atoms with Crippen molar-refractivity contribution in [1.82, 2.24) is 5.32 Å². The lowest BCUT2D eigenvalue weighted by Crippen LogP contribution is -2.43. The molecule has 6 nitrogen and oxygen atoms in total. The predicted molar refractivity (Wildman–Crippen MR) is 136 cm³/mol. The quantitative estimate of drug-likeness (QED) is 0.391. The molecular formula is C29H30N2O4. The lowest BCUT2D eigenvalue weighted by atomic mass is 9.91. The van der Waals surface area contributed by atoms with E-state index in [1.54, 1.807) is 19.1 Å². The van der Waals surface area contributed by atoms with E-state index in [4.69, 9.17) is 4.74 Å². The molecule has 3 aromatic rings. The van der Waals surface area contributed by atoms with E-state index in [9.17, 15) is 14.7 Å². The number of carbonyl (C=O) groups excluding carboxylic acids is 2. The van der Waals surface area contributed by atoms with Crippen LogP contribution >= 0.6 is 0 Å². The molecule has 1 heterocycles. The third kappa shape index (κ3) is 5.54. The molecule has 1 aliphatic heterocycles. The van der Waals surface area contributed by atoms with Crippen LogP contribution in [0.1, 0.15) is 43.4 Å². The average Bonchev–Trinajstić information content (AvgIpc) is 3.07. The minimum atomic E-state index is -1.09. The molecule has 0 aromatic heterocycles. The molecule has 1 aliphatic rings. The van der Waals surface area contributed by atoms with Crippen molar-refractivity contribution in [3.8, 4) is 5.75 Å². The molecule has 3 aromatic carbocycles. The van der Waals surface area contributed by atoms with Crippen LogP contribution < -0.4 is 15.4 Å². The summed E-state index contributed by atoms with van der Waals surface area (Å²) in [5.74, 6) is -0.392. The molecule has 1 atom stereocenters. The fourth-order valence-electron chi connectivity index (χ4n) is 4.09. The first-order valence-electron chi connectivity index (χ1n) is 11.7. The van der Waals surface area contributed by atoms with Crippen molar-refractivity contribution in [3.05, 3.63) is 107 Å². The molecule has 0 aliphatic carbocycles. The van der Waals surface area contributed by atoms with Crippen molar-refractivity contribution < 1.29 is 19.4 Å². The van der Waals surface area contributed by atoms with Gasteiger partial charge in [0.05, 0.1) is 5.54 Å². The van der Waals surface area contributed by atoms with Crippen LogP contribution in [0.15, 0.2) is 90.2 Å². The van der Waals surface area contributed by atoms with Gasteiger partial charge in [-0.25, -0.2) is 0 Å². The maximum absolute atomic E-state index is 12.8. The number of carbonyl (C=O) groups is 2. The van der Waals surface area contributed by atoms with Crippen LogP contribution in [0.2, 0.25) is 0 Å². The van der Waals surface area contributed by atoms with Gasteiger partial charge < -0.3 is 20.5 Å². The Balaban J connectivity index is 1.42. The first kappa shape index (κ1) is 24.1. The van der Waals surface area contributed by atoms with Gasteiger partial charge in [-0.1, -0.05) is 68.4 Å². The van der Waals surface area contributed by atoms with Crippen molar-refractivity contribution in [2.75, 3.05) is 5.32 Å². The minimum absolute atomic E-state index is 0.261. The SMILES string of the molecule is CC(C)c1ccc(NC(=O)C2=C(O)C(C)(Cc3ccc(OCc4ccccc4)cc3)NC2=O)cc1. The fourth-order valence-corrected chi connectivity index (χ4v) is 4.09. The molecule has 2 amide bonds. The molecule has 0 spiro atoms. The van der Waals surface area contributed by atoms with Gasteiger partial charge in [-0.15, -0.1) is 0 Å². The van der Waals surface area contributed by atoms with E-state index in [2.05, 4.69) is 24.5 Å². The minimum Gasteiger partial charge on any atom is -0.509 e. The Morgan fingerprint density at radius 2 is 1.63 bits per heavy atom. The summed E-state index contributed by atoms with van der Waals surface area (Å²) in [6.45, 7) is 6.35.